The number of rotatable bonds is 2. The number of carboxylic acid groups (broad SMARTS) is 1. The summed E-state index contributed by atoms with van der Waals surface area (Å²) in [5, 5.41) is 10.2. The molecule has 3 rings (SSSR count). The van der Waals surface area contributed by atoms with Gasteiger partial charge in [-0.1, -0.05) is 18.2 Å². The lowest BCUT2D eigenvalue weighted by Gasteiger charge is -2.41. The third kappa shape index (κ3) is 2.09. The second-order valence-corrected chi connectivity index (χ2v) is 5.64. The van der Waals surface area contributed by atoms with Crippen molar-refractivity contribution < 1.29 is 19.1 Å². The molecule has 0 spiro atoms. The molecule has 0 radical (unpaired) electrons. The van der Waals surface area contributed by atoms with Gasteiger partial charge in [0.1, 0.15) is 17.4 Å². The van der Waals surface area contributed by atoms with Crippen molar-refractivity contribution in [1.29, 1.82) is 0 Å². The molecule has 5 nitrogen and oxygen atoms in total. The highest BCUT2D eigenvalue weighted by atomic mass is 16.4. The normalized spacial score (nSPS) is 22.4. The molecule has 1 N–H and O–H groups in total. The summed E-state index contributed by atoms with van der Waals surface area (Å²) < 4.78 is 5.39. The van der Waals surface area contributed by atoms with Gasteiger partial charge in [-0.3, -0.25) is 4.79 Å². The molecule has 1 aliphatic rings. The second-order valence-electron chi connectivity index (χ2n) is 5.64. The van der Waals surface area contributed by atoms with Crippen LogP contribution in [0.4, 0.5) is 0 Å². The highest BCUT2D eigenvalue weighted by molar-refractivity contribution is 6.07. The van der Waals surface area contributed by atoms with Gasteiger partial charge in [0.25, 0.3) is 5.91 Å². The Bertz CT molecular complexity index is 705. The number of hydrogen-bond acceptors (Lipinski definition) is 3. The van der Waals surface area contributed by atoms with Gasteiger partial charge in [0, 0.05) is 11.9 Å². The van der Waals surface area contributed by atoms with Crippen molar-refractivity contribution in [2.24, 2.45) is 0 Å². The highest BCUT2D eigenvalue weighted by Gasteiger charge is 2.44. The molecule has 2 aromatic rings. The number of carboxylic acids is 1. The average Bonchev–Trinajstić information content (AvgIpc) is 2.91. The molecule has 1 fully saturated rings. The molecule has 5 heteroatoms. The summed E-state index contributed by atoms with van der Waals surface area (Å²) in [7, 11) is 0. The van der Waals surface area contributed by atoms with E-state index < -0.39 is 11.5 Å². The van der Waals surface area contributed by atoms with Gasteiger partial charge in [0.05, 0.1) is 5.56 Å². The van der Waals surface area contributed by atoms with Gasteiger partial charge < -0.3 is 14.4 Å². The summed E-state index contributed by atoms with van der Waals surface area (Å²) in [4.78, 5) is 25.9. The first-order chi connectivity index (χ1) is 10.0. The monoisotopic (exact) mass is 287 g/mol. The van der Waals surface area contributed by atoms with Gasteiger partial charge in [0.15, 0.2) is 0 Å². The standard InChI is InChI=1S/C16H17NO4/c1-16(15(19)20)8-4-5-9-17(16)14(18)12-10-21-13-7-3-2-6-11(12)13/h2-3,6-7,10H,4-5,8-9H2,1H3,(H,19,20). The molecule has 1 atom stereocenters. The number of amides is 1. The van der Waals surface area contributed by atoms with E-state index in [0.717, 1.165) is 18.2 Å². The van der Waals surface area contributed by atoms with Gasteiger partial charge in [-0.25, -0.2) is 4.79 Å². The maximum Gasteiger partial charge on any atom is 0.329 e. The predicted octanol–water partition coefficient (Wildman–Crippen LogP) is 2.90. The molecule has 1 unspecified atom stereocenters. The number of nitrogens with zero attached hydrogens (tertiary/aromatic N) is 1. The van der Waals surface area contributed by atoms with E-state index in [9.17, 15) is 14.7 Å². The van der Waals surface area contributed by atoms with Crippen molar-refractivity contribution in [3.63, 3.8) is 0 Å². The fraction of sp³-hybridized carbons (Fsp3) is 0.375. The number of furan rings is 1. The lowest BCUT2D eigenvalue weighted by Crippen LogP contribution is -2.57. The fourth-order valence-corrected chi connectivity index (χ4v) is 2.96. The lowest BCUT2D eigenvalue weighted by atomic mass is 9.88. The number of piperidine rings is 1. The average molecular weight is 287 g/mol. The quantitative estimate of drug-likeness (QED) is 0.922. The molecule has 1 aromatic carbocycles. The van der Waals surface area contributed by atoms with Crippen LogP contribution in [0.2, 0.25) is 0 Å². The smallest absolute Gasteiger partial charge is 0.329 e. The summed E-state index contributed by atoms with van der Waals surface area (Å²) in [6, 6.07) is 7.27. The van der Waals surface area contributed by atoms with Crippen molar-refractivity contribution in [3.05, 3.63) is 36.1 Å². The van der Waals surface area contributed by atoms with Crippen molar-refractivity contribution in [2.75, 3.05) is 6.54 Å². The minimum absolute atomic E-state index is 0.274. The number of benzene rings is 1. The van der Waals surface area contributed by atoms with Crippen LogP contribution in [0.3, 0.4) is 0 Å². The Morgan fingerprint density at radius 1 is 1.29 bits per heavy atom. The van der Waals surface area contributed by atoms with Gasteiger partial charge in [0.2, 0.25) is 0 Å². The minimum atomic E-state index is -1.15. The van der Waals surface area contributed by atoms with Crippen LogP contribution in [0.25, 0.3) is 11.0 Å². The summed E-state index contributed by atoms with van der Waals surface area (Å²) in [6.07, 6.45) is 3.54. The zero-order valence-electron chi connectivity index (χ0n) is 11.8. The number of para-hydroxylation sites is 1. The van der Waals surface area contributed by atoms with Crippen LogP contribution in [-0.4, -0.2) is 34.0 Å². The number of hydrogen-bond donors (Lipinski definition) is 1. The van der Waals surface area contributed by atoms with E-state index in [-0.39, 0.29) is 5.91 Å². The third-order valence-electron chi connectivity index (χ3n) is 4.31. The lowest BCUT2D eigenvalue weighted by molar-refractivity contribution is -0.150. The molecular weight excluding hydrogens is 270 g/mol. The molecule has 0 bridgehead atoms. The van der Waals surface area contributed by atoms with Crippen LogP contribution < -0.4 is 0 Å². The van der Waals surface area contributed by atoms with E-state index in [1.165, 1.54) is 11.2 Å². The van der Waals surface area contributed by atoms with Gasteiger partial charge in [-0.2, -0.15) is 0 Å². The van der Waals surface area contributed by atoms with Crippen molar-refractivity contribution in [3.8, 4) is 0 Å². The Labute approximate surface area is 122 Å². The molecule has 0 saturated carbocycles. The van der Waals surface area contributed by atoms with Crippen molar-refractivity contribution in [1.82, 2.24) is 4.90 Å². The first-order valence-corrected chi connectivity index (χ1v) is 7.05. The predicted molar refractivity (Wildman–Crippen MR) is 77.1 cm³/mol. The molecular formula is C16H17NO4. The molecule has 1 amide bonds. The van der Waals surface area contributed by atoms with E-state index in [1.54, 1.807) is 13.0 Å². The molecule has 1 aliphatic heterocycles. The van der Waals surface area contributed by atoms with Gasteiger partial charge >= 0.3 is 5.97 Å². The Hall–Kier alpha value is -2.30. The number of fused-ring (bicyclic) bond motifs is 1. The SMILES string of the molecule is CC1(C(=O)O)CCCCN1C(=O)c1coc2ccccc12. The number of likely N-dealkylation sites (tertiary alicyclic amines) is 1. The van der Waals surface area contributed by atoms with E-state index in [4.69, 9.17) is 4.42 Å². The van der Waals surface area contributed by atoms with Gasteiger partial charge in [-0.15, -0.1) is 0 Å². The summed E-state index contributed by atoms with van der Waals surface area (Å²) in [5.41, 5.74) is -0.0804. The van der Waals surface area contributed by atoms with E-state index in [0.29, 0.717) is 24.1 Å². The zero-order chi connectivity index (χ0) is 15.0. The van der Waals surface area contributed by atoms with Crippen LogP contribution in [0.1, 0.15) is 36.5 Å². The Kier molecular flexibility index (Phi) is 3.20. The number of aliphatic carboxylic acids is 1. The zero-order valence-corrected chi connectivity index (χ0v) is 11.8. The van der Waals surface area contributed by atoms with Gasteiger partial charge in [-0.05, 0) is 32.3 Å². The fourth-order valence-electron chi connectivity index (χ4n) is 2.96. The molecule has 1 saturated heterocycles. The number of carbonyl (C=O) groups is 2. The van der Waals surface area contributed by atoms with E-state index >= 15 is 0 Å². The Morgan fingerprint density at radius 2 is 2.05 bits per heavy atom. The van der Waals surface area contributed by atoms with E-state index in [1.807, 2.05) is 18.2 Å². The second kappa shape index (κ2) is 4.91. The van der Waals surface area contributed by atoms with Crippen molar-refractivity contribution >= 4 is 22.8 Å². The molecule has 2 heterocycles. The summed E-state index contributed by atoms with van der Waals surface area (Å²) in [6.45, 7) is 2.08. The summed E-state index contributed by atoms with van der Waals surface area (Å²) in [5.74, 6) is -1.23. The first-order valence-electron chi connectivity index (χ1n) is 7.05. The Morgan fingerprint density at radius 3 is 2.81 bits per heavy atom. The highest BCUT2D eigenvalue weighted by Crippen LogP contribution is 2.31. The molecule has 110 valence electrons. The number of carbonyl (C=O) groups excluding carboxylic acids is 1. The van der Waals surface area contributed by atoms with Crippen LogP contribution in [0.5, 0.6) is 0 Å². The topological polar surface area (TPSA) is 70.8 Å². The molecule has 1 aromatic heterocycles. The largest absolute Gasteiger partial charge is 0.480 e. The molecule has 21 heavy (non-hydrogen) atoms. The van der Waals surface area contributed by atoms with Crippen LogP contribution in [0.15, 0.2) is 34.9 Å². The maximum absolute atomic E-state index is 12.8. The van der Waals surface area contributed by atoms with Crippen LogP contribution in [-0.2, 0) is 4.79 Å². The van der Waals surface area contributed by atoms with Crippen LogP contribution >= 0.6 is 0 Å². The molecule has 0 aliphatic carbocycles. The summed E-state index contributed by atoms with van der Waals surface area (Å²) >= 11 is 0. The van der Waals surface area contributed by atoms with Crippen LogP contribution in [0, 0.1) is 0 Å². The first kappa shape index (κ1) is 13.7. The Balaban J connectivity index is 2.02. The van der Waals surface area contributed by atoms with Crippen molar-refractivity contribution in [2.45, 2.75) is 31.7 Å². The third-order valence-corrected chi connectivity index (χ3v) is 4.31. The van der Waals surface area contributed by atoms with E-state index in [2.05, 4.69) is 0 Å². The maximum atomic E-state index is 12.8. The minimum Gasteiger partial charge on any atom is -0.480 e.